The van der Waals surface area contributed by atoms with Gasteiger partial charge >= 0.3 is 0 Å². The van der Waals surface area contributed by atoms with Gasteiger partial charge in [0.25, 0.3) is 5.91 Å². The molecular weight excluding hydrogens is 457 g/mol. The van der Waals surface area contributed by atoms with Gasteiger partial charge in [0.05, 0.1) is 16.6 Å². The van der Waals surface area contributed by atoms with Crippen LogP contribution in [0.5, 0.6) is 0 Å². The lowest BCUT2D eigenvalue weighted by molar-refractivity contribution is 0.0902. The third-order valence-electron chi connectivity index (χ3n) is 6.49. The second-order valence-corrected chi connectivity index (χ2v) is 9.23. The van der Waals surface area contributed by atoms with Crippen molar-refractivity contribution in [1.29, 1.82) is 0 Å². The Bertz CT molecular complexity index is 1180. The van der Waals surface area contributed by atoms with Gasteiger partial charge in [0.15, 0.2) is 0 Å². The summed E-state index contributed by atoms with van der Waals surface area (Å²) >= 11 is 5.87. The van der Waals surface area contributed by atoms with E-state index >= 15 is 0 Å². The molecule has 0 bridgehead atoms. The number of anilines is 1. The zero-order valence-electron chi connectivity index (χ0n) is 18.7. The van der Waals surface area contributed by atoms with Crippen molar-refractivity contribution in [3.8, 4) is 0 Å². The molecule has 7 nitrogen and oxygen atoms in total. The first-order valence-corrected chi connectivity index (χ1v) is 12.0. The van der Waals surface area contributed by atoms with Crippen molar-refractivity contribution in [2.75, 3.05) is 25.1 Å². The Morgan fingerprint density at radius 2 is 2.03 bits per heavy atom. The number of benzene rings is 2. The van der Waals surface area contributed by atoms with Crippen molar-refractivity contribution in [2.45, 2.75) is 43.8 Å². The molecule has 0 spiro atoms. The predicted molar refractivity (Wildman–Crippen MR) is 130 cm³/mol. The summed E-state index contributed by atoms with van der Waals surface area (Å²) in [7, 11) is 0. The molecule has 2 saturated heterocycles. The van der Waals surface area contributed by atoms with Crippen molar-refractivity contribution in [3.63, 3.8) is 0 Å². The molecule has 2 fully saturated rings. The molecule has 1 aromatic heterocycles. The molecule has 2 atom stereocenters. The highest BCUT2D eigenvalue weighted by molar-refractivity contribution is 6.30. The third-order valence-corrected chi connectivity index (χ3v) is 6.80. The fourth-order valence-corrected chi connectivity index (χ4v) is 4.72. The zero-order valence-corrected chi connectivity index (χ0v) is 19.4. The average Bonchev–Trinajstić information content (AvgIpc) is 3.39. The first kappa shape index (κ1) is 23.0. The molecule has 0 radical (unpaired) electrons. The lowest BCUT2D eigenvalue weighted by Crippen LogP contribution is -2.41. The van der Waals surface area contributed by atoms with E-state index in [4.69, 9.17) is 16.3 Å². The summed E-state index contributed by atoms with van der Waals surface area (Å²) in [6.07, 6.45) is 5.47. The second-order valence-electron chi connectivity index (χ2n) is 8.83. The van der Waals surface area contributed by atoms with E-state index in [-0.39, 0.29) is 29.1 Å². The third kappa shape index (κ3) is 5.14. The first-order chi connectivity index (χ1) is 16.6. The molecular formula is C25H27ClFN5O2. The molecule has 5 rings (SSSR count). The van der Waals surface area contributed by atoms with Crippen LogP contribution in [0.3, 0.4) is 0 Å². The van der Waals surface area contributed by atoms with E-state index in [0.29, 0.717) is 22.6 Å². The molecule has 0 unspecified atom stereocenters. The Labute approximate surface area is 202 Å². The van der Waals surface area contributed by atoms with Crippen LogP contribution < -0.4 is 16.0 Å². The topological polar surface area (TPSA) is 88.2 Å². The van der Waals surface area contributed by atoms with E-state index in [0.717, 1.165) is 50.8 Å². The fraction of sp³-hybridized carbons (Fsp3) is 0.400. The van der Waals surface area contributed by atoms with E-state index in [1.54, 1.807) is 24.4 Å². The minimum absolute atomic E-state index is 0.0163. The quantitative estimate of drug-likeness (QED) is 0.486. The second kappa shape index (κ2) is 10.2. The van der Waals surface area contributed by atoms with Gasteiger partial charge in [-0.05, 0) is 62.1 Å². The van der Waals surface area contributed by atoms with E-state index in [1.165, 1.54) is 12.1 Å². The number of halogens is 2. The lowest BCUT2D eigenvalue weighted by atomic mass is 9.97. The van der Waals surface area contributed by atoms with Gasteiger partial charge in [-0.2, -0.15) is 0 Å². The van der Waals surface area contributed by atoms with Crippen molar-refractivity contribution >= 4 is 34.4 Å². The number of amides is 1. The van der Waals surface area contributed by atoms with Crippen molar-refractivity contribution in [1.82, 2.24) is 20.6 Å². The van der Waals surface area contributed by atoms with Crippen LogP contribution in [-0.4, -0.2) is 47.7 Å². The van der Waals surface area contributed by atoms with Gasteiger partial charge in [-0.1, -0.05) is 23.7 Å². The van der Waals surface area contributed by atoms with Gasteiger partial charge in [-0.25, -0.2) is 14.4 Å². The van der Waals surface area contributed by atoms with Gasteiger partial charge < -0.3 is 20.7 Å². The van der Waals surface area contributed by atoms with E-state index in [9.17, 15) is 9.18 Å². The van der Waals surface area contributed by atoms with Crippen LogP contribution in [-0.2, 0) is 4.74 Å². The minimum Gasteiger partial charge on any atom is -0.381 e. The van der Waals surface area contributed by atoms with Crippen molar-refractivity contribution < 1.29 is 13.9 Å². The number of fused-ring (bicyclic) bond motifs is 1. The Hall–Kier alpha value is -2.81. The number of aromatic nitrogens is 2. The molecule has 3 N–H and O–H groups in total. The zero-order chi connectivity index (χ0) is 23.5. The molecule has 3 heterocycles. The summed E-state index contributed by atoms with van der Waals surface area (Å²) in [4.78, 5) is 22.3. The summed E-state index contributed by atoms with van der Waals surface area (Å²) in [5, 5.41) is 10.8. The summed E-state index contributed by atoms with van der Waals surface area (Å²) in [5.74, 6) is -0.196. The molecule has 2 aliphatic rings. The molecule has 178 valence electrons. The number of nitrogens with zero attached hydrogens (tertiary/aromatic N) is 2. The molecule has 9 heteroatoms. The highest BCUT2D eigenvalue weighted by Crippen LogP contribution is 2.27. The van der Waals surface area contributed by atoms with E-state index in [2.05, 4.69) is 25.9 Å². The lowest BCUT2D eigenvalue weighted by Gasteiger charge is -2.26. The van der Waals surface area contributed by atoms with Gasteiger partial charge in [0.1, 0.15) is 5.82 Å². The maximum atomic E-state index is 14.2. The highest BCUT2D eigenvalue weighted by Gasteiger charge is 2.28. The van der Waals surface area contributed by atoms with Crippen LogP contribution in [0.1, 0.15) is 47.6 Å². The van der Waals surface area contributed by atoms with Gasteiger partial charge in [-0.3, -0.25) is 4.79 Å². The van der Waals surface area contributed by atoms with Crippen molar-refractivity contribution in [2.24, 2.45) is 0 Å². The predicted octanol–water partition coefficient (Wildman–Crippen LogP) is 4.24. The summed E-state index contributed by atoms with van der Waals surface area (Å²) < 4.78 is 19.6. The van der Waals surface area contributed by atoms with Crippen LogP contribution in [0.15, 0.2) is 42.6 Å². The summed E-state index contributed by atoms with van der Waals surface area (Å²) in [6.45, 7) is 2.32. The Morgan fingerprint density at radius 3 is 2.79 bits per heavy atom. The fourth-order valence-electron chi connectivity index (χ4n) is 4.60. The molecule has 0 saturated carbocycles. The first-order valence-electron chi connectivity index (χ1n) is 11.7. The Morgan fingerprint density at radius 1 is 1.18 bits per heavy atom. The monoisotopic (exact) mass is 483 g/mol. The Kier molecular flexibility index (Phi) is 6.89. The normalized spacial score (nSPS) is 19.8. The molecule has 3 aromatic rings. The molecule has 0 aliphatic carbocycles. The number of nitrogens with one attached hydrogen (secondary N) is 3. The minimum atomic E-state index is -0.497. The summed E-state index contributed by atoms with van der Waals surface area (Å²) in [5.41, 5.74) is 1.85. The number of hydrogen-bond acceptors (Lipinski definition) is 6. The summed E-state index contributed by atoms with van der Waals surface area (Å²) in [6, 6.07) is 9.96. The SMILES string of the molecule is O=C(N[C@@H](c1ccc(Cl)c(F)c1)[C@H]1CCCN1)c1ccc2cnc(NC3CCOCC3)nc2c1. The number of carbonyl (C=O) groups excluding carboxylic acids is 1. The number of carbonyl (C=O) groups is 1. The van der Waals surface area contributed by atoms with Gasteiger partial charge in [-0.15, -0.1) is 0 Å². The Balaban J connectivity index is 1.37. The maximum absolute atomic E-state index is 14.2. The average molecular weight is 484 g/mol. The largest absolute Gasteiger partial charge is 0.381 e. The van der Waals surface area contributed by atoms with Crippen LogP contribution in [0.2, 0.25) is 5.02 Å². The highest BCUT2D eigenvalue weighted by atomic mass is 35.5. The number of rotatable bonds is 6. The van der Waals surface area contributed by atoms with Crippen molar-refractivity contribution in [3.05, 3.63) is 64.6 Å². The number of hydrogen-bond donors (Lipinski definition) is 3. The van der Waals surface area contributed by atoms with E-state index < -0.39 is 5.82 Å². The van der Waals surface area contributed by atoms with Gasteiger partial charge in [0.2, 0.25) is 5.95 Å². The van der Waals surface area contributed by atoms with Crippen LogP contribution in [0.25, 0.3) is 10.9 Å². The van der Waals surface area contributed by atoms with Crippen LogP contribution in [0, 0.1) is 5.82 Å². The molecule has 2 aromatic carbocycles. The molecule has 34 heavy (non-hydrogen) atoms. The smallest absolute Gasteiger partial charge is 0.251 e. The van der Waals surface area contributed by atoms with Crippen LogP contribution in [0.4, 0.5) is 10.3 Å². The molecule has 2 aliphatic heterocycles. The maximum Gasteiger partial charge on any atom is 0.251 e. The molecule has 1 amide bonds. The standard InChI is InChI=1S/C25H27ClFN5O2/c26-19-6-5-15(12-20(19)27)23(21-2-1-9-28-21)32-24(33)16-3-4-17-14-29-25(31-22(17)13-16)30-18-7-10-34-11-8-18/h3-6,12-14,18,21,23,28H,1-2,7-11H2,(H,32,33)(H,29,30,31)/t21-,23+/m1/s1. The number of ether oxygens (including phenoxy) is 1. The van der Waals surface area contributed by atoms with E-state index in [1.807, 2.05) is 6.07 Å². The van der Waals surface area contributed by atoms with Gasteiger partial charge in [0, 0.05) is 42.4 Å². The van der Waals surface area contributed by atoms with Crippen LogP contribution >= 0.6 is 11.6 Å².